The number of hydrogen-bond acceptors (Lipinski definition) is 8. The molecular weight excluding hydrogens is 516 g/mol. The molecule has 3 N–H and O–H groups in total. The van der Waals surface area contributed by atoms with Crippen LogP contribution in [0.25, 0.3) is 0 Å². The summed E-state index contributed by atoms with van der Waals surface area (Å²) in [6.07, 6.45) is -5.98. The number of halogens is 6. The molecule has 0 bridgehead atoms. The zero-order valence-electron chi connectivity index (χ0n) is 19.9. The highest BCUT2D eigenvalue weighted by atomic mass is 19.4. The Labute approximate surface area is 213 Å². The molecule has 5 rings (SSSR count). The van der Waals surface area contributed by atoms with Gasteiger partial charge < -0.3 is 20.7 Å². The van der Waals surface area contributed by atoms with Crippen LogP contribution in [0, 0.1) is 5.92 Å². The summed E-state index contributed by atoms with van der Waals surface area (Å²) in [6.45, 7) is 1.04. The minimum atomic E-state index is -4.61. The zero-order valence-corrected chi connectivity index (χ0v) is 19.9. The van der Waals surface area contributed by atoms with Crippen molar-refractivity contribution in [2.75, 3.05) is 35.7 Å². The van der Waals surface area contributed by atoms with Crippen LogP contribution < -0.4 is 16.0 Å². The van der Waals surface area contributed by atoms with Crippen LogP contribution in [0.3, 0.4) is 0 Å². The Balaban J connectivity index is 1.52. The number of pyridine rings is 2. The van der Waals surface area contributed by atoms with Gasteiger partial charge in [0.15, 0.2) is 0 Å². The summed E-state index contributed by atoms with van der Waals surface area (Å²) >= 11 is 0. The molecule has 0 aliphatic carbocycles. The van der Waals surface area contributed by atoms with E-state index < -0.39 is 29.5 Å². The number of hydrogen-bond donors (Lipinski definition) is 2. The number of nitrogen functional groups attached to an aromatic ring is 1. The highest BCUT2D eigenvalue weighted by Crippen LogP contribution is 2.39. The van der Waals surface area contributed by atoms with Crippen LogP contribution in [0.1, 0.15) is 28.8 Å². The van der Waals surface area contributed by atoms with E-state index in [1.165, 1.54) is 18.3 Å². The van der Waals surface area contributed by atoms with Gasteiger partial charge in [0.1, 0.15) is 17.5 Å². The topological polar surface area (TPSA) is 102 Å². The van der Waals surface area contributed by atoms with E-state index in [9.17, 15) is 26.3 Å². The van der Waals surface area contributed by atoms with Gasteiger partial charge in [-0.15, -0.1) is 0 Å². The molecule has 14 heteroatoms. The summed E-state index contributed by atoms with van der Waals surface area (Å²) in [7, 11) is 0. The molecule has 2 aliphatic heterocycles. The maximum absolute atomic E-state index is 13.9. The first kappa shape index (κ1) is 25.9. The molecule has 3 aromatic rings. The zero-order chi connectivity index (χ0) is 27.1. The molecule has 2 aliphatic rings. The maximum Gasteiger partial charge on any atom is 0.419 e. The summed E-state index contributed by atoms with van der Waals surface area (Å²) in [6, 6.07) is 3.89. The molecule has 0 spiro atoms. The van der Waals surface area contributed by atoms with Crippen molar-refractivity contribution < 1.29 is 31.1 Å². The Morgan fingerprint density at radius 3 is 2.50 bits per heavy atom. The van der Waals surface area contributed by atoms with E-state index in [0.717, 1.165) is 12.1 Å². The lowest BCUT2D eigenvalue weighted by Crippen LogP contribution is -2.44. The van der Waals surface area contributed by atoms with Gasteiger partial charge in [-0.1, -0.05) is 0 Å². The van der Waals surface area contributed by atoms with Gasteiger partial charge in [0, 0.05) is 49.5 Å². The van der Waals surface area contributed by atoms with Gasteiger partial charge in [-0.3, -0.25) is 0 Å². The number of anilines is 4. The number of aromatic nitrogens is 4. The fraction of sp³-hybridized carbons (Fsp3) is 0.417. The molecule has 0 amide bonds. The first-order valence-corrected chi connectivity index (χ1v) is 11.8. The van der Waals surface area contributed by atoms with Crippen LogP contribution in [0.4, 0.5) is 49.7 Å². The molecule has 202 valence electrons. The van der Waals surface area contributed by atoms with Crippen LogP contribution in [0.5, 0.6) is 0 Å². The van der Waals surface area contributed by atoms with Crippen molar-refractivity contribution in [2.45, 2.75) is 37.7 Å². The molecular formula is C24H23F6N7O. The van der Waals surface area contributed by atoms with Crippen LogP contribution in [-0.2, 0) is 29.9 Å². The van der Waals surface area contributed by atoms with E-state index in [2.05, 4.69) is 25.3 Å². The van der Waals surface area contributed by atoms with Crippen molar-refractivity contribution in [1.29, 1.82) is 0 Å². The van der Waals surface area contributed by atoms with Crippen LogP contribution in [0.15, 0.2) is 36.7 Å². The molecule has 1 saturated heterocycles. The number of alkyl halides is 6. The van der Waals surface area contributed by atoms with E-state index in [0.29, 0.717) is 37.1 Å². The van der Waals surface area contributed by atoms with Crippen molar-refractivity contribution in [3.63, 3.8) is 0 Å². The highest BCUT2D eigenvalue weighted by molar-refractivity contribution is 5.60. The molecule has 0 aromatic carbocycles. The minimum Gasteiger partial charge on any atom is -0.381 e. The molecule has 1 fully saturated rings. The Morgan fingerprint density at radius 2 is 1.84 bits per heavy atom. The Bertz CT molecular complexity index is 1290. The van der Waals surface area contributed by atoms with E-state index in [4.69, 9.17) is 10.5 Å². The summed E-state index contributed by atoms with van der Waals surface area (Å²) in [5.41, 5.74) is 5.35. The molecule has 1 unspecified atom stereocenters. The predicted octanol–water partition coefficient (Wildman–Crippen LogP) is 4.64. The van der Waals surface area contributed by atoms with Crippen LogP contribution in [-0.4, -0.2) is 45.7 Å². The molecule has 2 atom stereocenters. The fourth-order valence-corrected chi connectivity index (χ4v) is 4.93. The van der Waals surface area contributed by atoms with Gasteiger partial charge in [-0.05, 0) is 37.1 Å². The van der Waals surface area contributed by atoms with Crippen LogP contribution in [0.2, 0.25) is 0 Å². The van der Waals surface area contributed by atoms with E-state index in [1.807, 2.05) is 0 Å². The minimum absolute atomic E-state index is 0.0757. The van der Waals surface area contributed by atoms with Crippen LogP contribution >= 0.6 is 0 Å². The third-order valence-corrected chi connectivity index (χ3v) is 6.73. The lowest BCUT2D eigenvalue weighted by atomic mass is 9.93. The molecule has 38 heavy (non-hydrogen) atoms. The molecule has 0 saturated carbocycles. The quantitative estimate of drug-likeness (QED) is 0.463. The average molecular weight is 539 g/mol. The summed E-state index contributed by atoms with van der Waals surface area (Å²) in [5.74, 6) is 0.00365. The lowest BCUT2D eigenvalue weighted by Gasteiger charge is -2.35. The second-order valence-corrected chi connectivity index (χ2v) is 9.12. The number of rotatable bonds is 4. The number of ether oxygens (including phenoxy) is 1. The maximum atomic E-state index is 13.9. The van der Waals surface area contributed by atoms with Crippen molar-refractivity contribution in [2.24, 2.45) is 5.92 Å². The molecule has 3 aromatic heterocycles. The van der Waals surface area contributed by atoms with Gasteiger partial charge >= 0.3 is 12.4 Å². The largest absolute Gasteiger partial charge is 0.419 e. The average Bonchev–Trinajstić information content (AvgIpc) is 3.32. The molecule has 5 heterocycles. The Kier molecular flexibility index (Phi) is 6.75. The van der Waals surface area contributed by atoms with Gasteiger partial charge in [-0.25, -0.2) is 15.0 Å². The number of fused-ring (bicyclic) bond motifs is 1. The van der Waals surface area contributed by atoms with E-state index >= 15 is 0 Å². The van der Waals surface area contributed by atoms with Crippen molar-refractivity contribution >= 4 is 23.4 Å². The van der Waals surface area contributed by atoms with Crippen molar-refractivity contribution in [3.8, 4) is 0 Å². The van der Waals surface area contributed by atoms with Gasteiger partial charge in [0.25, 0.3) is 0 Å². The Morgan fingerprint density at radius 1 is 1.03 bits per heavy atom. The molecule has 0 radical (unpaired) electrons. The summed E-state index contributed by atoms with van der Waals surface area (Å²) in [4.78, 5) is 18.2. The number of nitrogens with zero attached hydrogens (tertiary/aromatic N) is 5. The normalized spacial score (nSPS) is 20.2. The second kappa shape index (κ2) is 9.89. The highest BCUT2D eigenvalue weighted by Gasteiger charge is 2.41. The smallest absolute Gasteiger partial charge is 0.381 e. The predicted molar refractivity (Wildman–Crippen MR) is 126 cm³/mol. The third kappa shape index (κ3) is 5.30. The van der Waals surface area contributed by atoms with Gasteiger partial charge in [0.05, 0.1) is 23.4 Å². The van der Waals surface area contributed by atoms with Gasteiger partial charge in [0.2, 0.25) is 5.95 Å². The monoisotopic (exact) mass is 539 g/mol. The van der Waals surface area contributed by atoms with Crippen molar-refractivity contribution in [1.82, 2.24) is 19.9 Å². The molecule has 8 nitrogen and oxygen atoms in total. The summed E-state index contributed by atoms with van der Waals surface area (Å²) in [5, 5.41) is 2.91. The first-order chi connectivity index (χ1) is 18.0. The third-order valence-electron chi connectivity index (χ3n) is 6.73. The van der Waals surface area contributed by atoms with E-state index in [1.54, 1.807) is 4.90 Å². The number of nitrogens with two attached hydrogens (primary N) is 1. The SMILES string of the molecule is Nc1nc2c(c(Nc3ccc(C(F)(F)F)cn3)n1)CCN(c1ncccc1C(F)(F)F)C([C@H]1CCOC1)C2. The summed E-state index contributed by atoms with van der Waals surface area (Å²) < 4.78 is 86.1. The standard InChI is InChI=1S/C24H23F6N7O/c25-23(26,27)14-3-4-19(33-11-14)35-20-15-5-8-37(21-16(24(28,29)30)2-1-7-32-21)18(13-6-9-38-12-13)10-17(15)34-22(31)36-20/h1-4,7,11,13,18H,5-6,8-10,12H2,(H3,31,33,34,35,36)/t13-,18?/m0/s1. The van der Waals surface area contributed by atoms with Gasteiger partial charge in [-0.2, -0.15) is 31.3 Å². The number of nitrogens with one attached hydrogen (secondary N) is 1. The lowest BCUT2D eigenvalue weighted by molar-refractivity contribution is -0.138. The van der Waals surface area contributed by atoms with Crippen molar-refractivity contribution in [3.05, 3.63) is 59.0 Å². The second-order valence-electron chi connectivity index (χ2n) is 9.12. The fourth-order valence-electron chi connectivity index (χ4n) is 4.93. The van der Waals surface area contributed by atoms with E-state index in [-0.39, 0.29) is 48.7 Å². The first-order valence-electron chi connectivity index (χ1n) is 11.8. The Hall–Kier alpha value is -3.68.